The molecule has 0 aliphatic carbocycles. The Morgan fingerprint density at radius 1 is 1.64 bits per heavy atom. The number of likely N-dealkylation sites (N-methyl/N-ethyl adjacent to an activating group) is 1. The molecule has 0 aromatic carbocycles. The van der Waals surface area contributed by atoms with Crippen LogP contribution in [-0.2, 0) is 9.53 Å². The molecule has 0 aromatic heterocycles. The van der Waals surface area contributed by atoms with E-state index in [4.69, 9.17) is 4.74 Å². The van der Waals surface area contributed by atoms with Gasteiger partial charge < -0.3 is 9.64 Å². The summed E-state index contributed by atoms with van der Waals surface area (Å²) in [6.07, 6.45) is 0. The first-order valence-corrected chi connectivity index (χ1v) is 4.28. The largest absolute Gasteiger partial charge is 0.380 e. The number of ether oxygens (including phenoxy) is 1. The van der Waals surface area contributed by atoms with Crippen LogP contribution in [0.1, 0.15) is 6.92 Å². The van der Waals surface area contributed by atoms with E-state index in [-0.39, 0.29) is 11.7 Å². The van der Waals surface area contributed by atoms with Gasteiger partial charge in [-0.25, -0.2) is 0 Å². The van der Waals surface area contributed by atoms with Gasteiger partial charge in [0.1, 0.15) is 0 Å². The third-order valence-corrected chi connectivity index (χ3v) is 1.61. The van der Waals surface area contributed by atoms with Crippen molar-refractivity contribution >= 4 is 18.5 Å². The van der Waals surface area contributed by atoms with Gasteiger partial charge in [0.2, 0.25) is 5.91 Å². The Labute approximate surface area is 73.1 Å². The maximum atomic E-state index is 10.9. The summed E-state index contributed by atoms with van der Waals surface area (Å²) in [7, 11) is 1.75. The van der Waals surface area contributed by atoms with Gasteiger partial charge in [0.05, 0.1) is 12.4 Å². The number of rotatable bonds is 5. The van der Waals surface area contributed by atoms with Crippen molar-refractivity contribution < 1.29 is 9.53 Å². The zero-order valence-corrected chi connectivity index (χ0v) is 7.93. The molecule has 0 atom stereocenters. The van der Waals surface area contributed by atoms with Crippen LogP contribution in [0.2, 0.25) is 0 Å². The molecule has 0 rings (SSSR count). The van der Waals surface area contributed by atoms with E-state index in [9.17, 15) is 4.79 Å². The van der Waals surface area contributed by atoms with Crippen LogP contribution < -0.4 is 0 Å². The molecule has 0 saturated heterocycles. The molecule has 0 unspecified atom stereocenters. The lowest BCUT2D eigenvalue weighted by atomic mass is 10.5. The lowest BCUT2D eigenvalue weighted by Gasteiger charge is -2.15. The summed E-state index contributed by atoms with van der Waals surface area (Å²) in [5.74, 6) is 0.302. The first-order valence-electron chi connectivity index (χ1n) is 3.65. The number of hydrogen-bond acceptors (Lipinski definition) is 3. The summed E-state index contributed by atoms with van der Waals surface area (Å²) in [6, 6.07) is 0. The van der Waals surface area contributed by atoms with Crippen LogP contribution in [0.15, 0.2) is 0 Å². The number of amides is 1. The molecule has 0 aromatic rings. The smallest absolute Gasteiger partial charge is 0.232 e. The van der Waals surface area contributed by atoms with Crippen molar-refractivity contribution in [1.82, 2.24) is 4.90 Å². The van der Waals surface area contributed by atoms with E-state index >= 15 is 0 Å². The predicted molar refractivity (Wildman–Crippen MR) is 48.0 cm³/mol. The summed E-state index contributed by atoms with van der Waals surface area (Å²) >= 11 is 3.87. The molecule has 0 aliphatic heterocycles. The molecule has 11 heavy (non-hydrogen) atoms. The summed E-state index contributed by atoms with van der Waals surface area (Å²) in [4.78, 5) is 12.5. The fourth-order valence-electron chi connectivity index (χ4n) is 0.591. The Bertz CT molecular complexity index is 119. The average molecular weight is 177 g/mol. The van der Waals surface area contributed by atoms with Crippen molar-refractivity contribution in [2.24, 2.45) is 0 Å². The minimum atomic E-state index is 0.0352. The van der Waals surface area contributed by atoms with Crippen LogP contribution in [-0.4, -0.2) is 43.4 Å². The minimum Gasteiger partial charge on any atom is -0.380 e. The number of carbonyl (C=O) groups is 1. The first kappa shape index (κ1) is 10.8. The highest BCUT2D eigenvalue weighted by Gasteiger charge is 2.04. The number of nitrogens with zero attached hydrogens (tertiary/aromatic N) is 1. The standard InChI is InChI=1S/C7H15NO2S/c1-3-10-5-4-8(2)7(9)6-11/h11H,3-6H2,1-2H3. The molecule has 0 aliphatic rings. The van der Waals surface area contributed by atoms with Crippen LogP contribution in [0.5, 0.6) is 0 Å². The van der Waals surface area contributed by atoms with Crippen LogP contribution in [0.3, 0.4) is 0 Å². The van der Waals surface area contributed by atoms with Crippen LogP contribution >= 0.6 is 12.6 Å². The monoisotopic (exact) mass is 177 g/mol. The predicted octanol–water partition coefficient (Wildman–Crippen LogP) is 0.411. The van der Waals surface area contributed by atoms with Crippen molar-refractivity contribution in [3.63, 3.8) is 0 Å². The van der Waals surface area contributed by atoms with Crippen molar-refractivity contribution in [2.45, 2.75) is 6.92 Å². The van der Waals surface area contributed by atoms with E-state index in [0.717, 1.165) is 0 Å². The van der Waals surface area contributed by atoms with E-state index < -0.39 is 0 Å². The second-order valence-corrected chi connectivity index (χ2v) is 2.49. The average Bonchev–Trinajstić information content (AvgIpc) is 2.03. The van der Waals surface area contributed by atoms with Gasteiger partial charge in [-0.05, 0) is 6.92 Å². The second-order valence-electron chi connectivity index (χ2n) is 2.17. The molecular weight excluding hydrogens is 162 g/mol. The van der Waals surface area contributed by atoms with Crippen LogP contribution in [0, 0.1) is 0 Å². The molecule has 0 saturated carbocycles. The third kappa shape index (κ3) is 5.09. The van der Waals surface area contributed by atoms with E-state index in [1.54, 1.807) is 11.9 Å². The molecule has 3 nitrogen and oxygen atoms in total. The molecule has 0 N–H and O–H groups in total. The maximum Gasteiger partial charge on any atom is 0.232 e. The molecule has 4 heteroatoms. The van der Waals surface area contributed by atoms with Gasteiger partial charge in [0, 0.05) is 20.2 Å². The molecule has 0 radical (unpaired) electrons. The van der Waals surface area contributed by atoms with Gasteiger partial charge >= 0.3 is 0 Å². The highest BCUT2D eigenvalue weighted by molar-refractivity contribution is 7.81. The Morgan fingerprint density at radius 2 is 2.27 bits per heavy atom. The molecule has 66 valence electrons. The molecule has 0 heterocycles. The molecule has 0 fully saturated rings. The summed E-state index contributed by atoms with van der Waals surface area (Å²) < 4.78 is 5.08. The van der Waals surface area contributed by atoms with Crippen molar-refractivity contribution in [3.05, 3.63) is 0 Å². The second kappa shape index (κ2) is 6.49. The summed E-state index contributed by atoms with van der Waals surface area (Å²) in [5.41, 5.74) is 0. The fourth-order valence-corrected chi connectivity index (χ4v) is 0.833. The number of carbonyl (C=O) groups excluding carboxylic acids is 1. The maximum absolute atomic E-state index is 10.9. The third-order valence-electron chi connectivity index (χ3n) is 1.34. The number of hydrogen-bond donors (Lipinski definition) is 1. The Hall–Kier alpha value is -0.220. The Kier molecular flexibility index (Phi) is 6.36. The highest BCUT2D eigenvalue weighted by atomic mass is 32.1. The summed E-state index contributed by atoms with van der Waals surface area (Å²) in [6.45, 7) is 3.88. The van der Waals surface area contributed by atoms with Gasteiger partial charge in [-0.1, -0.05) is 0 Å². The number of thiol groups is 1. The van der Waals surface area contributed by atoms with E-state index in [2.05, 4.69) is 12.6 Å². The topological polar surface area (TPSA) is 29.5 Å². The lowest BCUT2D eigenvalue weighted by molar-refractivity contribution is -0.127. The van der Waals surface area contributed by atoms with Gasteiger partial charge in [-0.3, -0.25) is 4.79 Å². The molecule has 0 spiro atoms. The Balaban J connectivity index is 3.36. The molecule has 1 amide bonds. The zero-order valence-electron chi connectivity index (χ0n) is 7.04. The van der Waals surface area contributed by atoms with Gasteiger partial charge in [-0.15, -0.1) is 0 Å². The van der Waals surface area contributed by atoms with Gasteiger partial charge in [0.25, 0.3) is 0 Å². The molecule has 0 bridgehead atoms. The van der Waals surface area contributed by atoms with Gasteiger partial charge in [-0.2, -0.15) is 12.6 Å². The molecular formula is C7H15NO2S. The van der Waals surface area contributed by atoms with Crippen molar-refractivity contribution in [2.75, 3.05) is 32.6 Å². The van der Waals surface area contributed by atoms with Crippen molar-refractivity contribution in [1.29, 1.82) is 0 Å². The van der Waals surface area contributed by atoms with Crippen molar-refractivity contribution in [3.8, 4) is 0 Å². The van der Waals surface area contributed by atoms with Gasteiger partial charge in [0.15, 0.2) is 0 Å². The van der Waals surface area contributed by atoms with E-state index in [1.807, 2.05) is 6.92 Å². The highest BCUT2D eigenvalue weighted by Crippen LogP contribution is 1.87. The van der Waals surface area contributed by atoms with E-state index in [0.29, 0.717) is 19.8 Å². The van der Waals surface area contributed by atoms with Crippen LogP contribution in [0.4, 0.5) is 0 Å². The zero-order chi connectivity index (χ0) is 8.69. The Morgan fingerprint density at radius 3 is 2.73 bits per heavy atom. The SMILES string of the molecule is CCOCCN(C)C(=O)CS. The summed E-state index contributed by atoms with van der Waals surface area (Å²) in [5, 5.41) is 0. The normalized spacial score (nSPS) is 9.73. The lowest BCUT2D eigenvalue weighted by Crippen LogP contribution is -2.30. The van der Waals surface area contributed by atoms with Crippen LogP contribution in [0.25, 0.3) is 0 Å². The van der Waals surface area contributed by atoms with E-state index in [1.165, 1.54) is 0 Å². The fraction of sp³-hybridized carbons (Fsp3) is 0.857. The first-order chi connectivity index (χ1) is 5.22. The quantitative estimate of drug-likeness (QED) is 0.487. The minimum absolute atomic E-state index is 0.0352.